The van der Waals surface area contributed by atoms with Crippen molar-refractivity contribution in [1.29, 1.82) is 0 Å². The summed E-state index contributed by atoms with van der Waals surface area (Å²) in [5, 5.41) is 8.77. The average Bonchev–Trinajstić information content (AvgIpc) is 3.52. The number of benzene rings is 2. The molecule has 1 aromatic heterocycles. The lowest BCUT2D eigenvalue weighted by Crippen LogP contribution is -2.52. The smallest absolute Gasteiger partial charge is 0.255 e. The van der Waals surface area contributed by atoms with Crippen LogP contribution >= 0.6 is 11.8 Å². The number of carbonyl (C=O) groups excluding carboxylic acids is 5. The number of rotatable bonds is 16. The fraction of sp³-hybridized carbons (Fsp3) is 0.415. The molecule has 3 aliphatic rings. The topological polar surface area (TPSA) is 141 Å². The number of thioether (sulfide) groups is 1. The predicted octanol–water partition coefficient (Wildman–Crippen LogP) is 5.68. The third-order valence-corrected chi connectivity index (χ3v) is 11.4. The van der Waals surface area contributed by atoms with E-state index in [-0.39, 0.29) is 30.0 Å². The fourth-order valence-corrected chi connectivity index (χ4v) is 8.24. The number of amides is 5. The van der Waals surface area contributed by atoms with Gasteiger partial charge in [-0.2, -0.15) is 0 Å². The van der Waals surface area contributed by atoms with Crippen LogP contribution < -0.4 is 16.0 Å². The highest BCUT2D eigenvalue weighted by Gasteiger charge is 2.39. The summed E-state index contributed by atoms with van der Waals surface area (Å²) in [5.41, 5.74) is 4.20. The lowest BCUT2D eigenvalue weighted by Gasteiger charge is -2.32. The molecule has 0 bridgehead atoms. The van der Waals surface area contributed by atoms with Crippen LogP contribution in [0.25, 0.3) is 6.08 Å². The number of hydrogen-bond acceptors (Lipinski definition) is 8. The van der Waals surface area contributed by atoms with E-state index in [0.29, 0.717) is 36.6 Å². The maximum atomic E-state index is 13.2. The molecule has 3 aliphatic heterocycles. The Bertz CT molecular complexity index is 1790. The van der Waals surface area contributed by atoms with E-state index >= 15 is 0 Å². The molecule has 4 heterocycles. The van der Waals surface area contributed by atoms with Gasteiger partial charge in [0.05, 0.1) is 0 Å². The molecule has 11 nitrogen and oxygen atoms in total. The number of nitrogens with one attached hydrogen (secondary N) is 3. The number of imide groups is 1. The SMILES string of the molecule is O=C(/C=C/c1cccnc1)NCCCCC1CCN(C(=O)c2ccc(NCCCCSc3cccc4c3CN(C3CCC(=O)NC3=O)C4=O)cc2)CC1. The van der Waals surface area contributed by atoms with Crippen molar-refractivity contribution in [3.63, 3.8) is 0 Å². The molecule has 3 N–H and O–H groups in total. The van der Waals surface area contributed by atoms with Gasteiger partial charge in [0.25, 0.3) is 11.8 Å². The van der Waals surface area contributed by atoms with Gasteiger partial charge >= 0.3 is 0 Å². The quantitative estimate of drug-likeness (QED) is 0.0739. The summed E-state index contributed by atoms with van der Waals surface area (Å²) in [6, 6.07) is 16.6. The minimum absolute atomic E-state index is 0.0865. The Kier molecular flexibility index (Phi) is 13.3. The number of pyridine rings is 1. The van der Waals surface area contributed by atoms with E-state index in [1.165, 1.54) is 0 Å². The molecule has 3 aromatic rings. The molecule has 278 valence electrons. The number of unbranched alkanes of at least 4 members (excludes halogenated alkanes) is 2. The number of hydrogen-bond donors (Lipinski definition) is 3. The molecule has 0 saturated carbocycles. The summed E-state index contributed by atoms with van der Waals surface area (Å²) >= 11 is 1.73. The van der Waals surface area contributed by atoms with Crippen LogP contribution in [0.3, 0.4) is 0 Å². The van der Waals surface area contributed by atoms with Crippen molar-refractivity contribution in [2.24, 2.45) is 5.92 Å². The maximum Gasteiger partial charge on any atom is 0.255 e. The first-order valence-corrected chi connectivity index (χ1v) is 19.7. The maximum absolute atomic E-state index is 13.2. The Hall–Kier alpha value is -4.97. The van der Waals surface area contributed by atoms with Crippen molar-refractivity contribution in [2.45, 2.75) is 75.3 Å². The van der Waals surface area contributed by atoms with Crippen molar-refractivity contribution in [3.8, 4) is 0 Å². The molecular formula is C41H48N6O5S. The highest BCUT2D eigenvalue weighted by atomic mass is 32.2. The highest BCUT2D eigenvalue weighted by Crippen LogP contribution is 2.34. The molecule has 0 spiro atoms. The Morgan fingerprint density at radius 3 is 2.51 bits per heavy atom. The van der Waals surface area contributed by atoms with Gasteiger partial charge in [-0.3, -0.25) is 34.3 Å². The monoisotopic (exact) mass is 736 g/mol. The summed E-state index contributed by atoms with van der Waals surface area (Å²) in [7, 11) is 0. The zero-order chi connectivity index (χ0) is 37.0. The molecule has 1 unspecified atom stereocenters. The van der Waals surface area contributed by atoms with Crippen molar-refractivity contribution in [3.05, 3.63) is 95.3 Å². The minimum atomic E-state index is -0.607. The van der Waals surface area contributed by atoms with Gasteiger partial charge in [-0.25, -0.2) is 0 Å². The van der Waals surface area contributed by atoms with Crippen LogP contribution in [0.1, 0.15) is 89.6 Å². The number of nitrogens with zero attached hydrogens (tertiary/aromatic N) is 3. The summed E-state index contributed by atoms with van der Waals surface area (Å²) < 4.78 is 0. The number of aromatic nitrogens is 1. The second-order valence-electron chi connectivity index (χ2n) is 13.9. The van der Waals surface area contributed by atoms with Gasteiger partial charge < -0.3 is 20.4 Å². The van der Waals surface area contributed by atoms with Gasteiger partial charge in [0.1, 0.15) is 6.04 Å². The predicted molar refractivity (Wildman–Crippen MR) is 206 cm³/mol. The zero-order valence-corrected chi connectivity index (χ0v) is 30.9. The van der Waals surface area contributed by atoms with Gasteiger partial charge in [-0.1, -0.05) is 25.0 Å². The first kappa shape index (κ1) is 37.8. The summed E-state index contributed by atoms with van der Waals surface area (Å²) in [6.07, 6.45) is 14.4. The standard InChI is InChI=1S/C41H48N6O5S/c48-37(17-11-30-8-6-21-42-27-30)44-23-2-1-7-29-19-24-46(25-20-29)40(51)31-12-14-32(15-13-31)43-22-3-4-26-53-36-10-5-9-33-34(36)28-47(41(33)52)35-16-18-38(49)45-39(35)50/h5-6,8-15,17,21,27,29,35,43H,1-4,7,16,18-20,22-26,28H2,(H,44,48)(H,45,49,50)/b17-11+. The number of fused-ring (bicyclic) bond motifs is 1. The van der Waals surface area contributed by atoms with Crippen LogP contribution in [0, 0.1) is 5.92 Å². The van der Waals surface area contributed by atoms with Crippen LogP contribution in [-0.4, -0.2) is 82.3 Å². The van der Waals surface area contributed by atoms with Gasteiger partial charge in [0.15, 0.2) is 0 Å². The molecule has 0 radical (unpaired) electrons. The third-order valence-electron chi connectivity index (χ3n) is 10.2. The molecule has 2 aromatic carbocycles. The van der Waals surface area contributed by atoms with Crippen LogP contribution in [0.4, 0.5) is 5.69 Å². The van der Waals surface area contributed by atoms with Crippen LogP contribution in [0.15, 0.2) is 78.0 Å². The van der Waals surface area contributed by atoms with Crippen molar-refractivity contribution in [2.75, 3.05) is 37.2 Å². The largest absolute Gasteiger partial charge is 0.385 e. The Labute approximate surface area is 315 Å². The summed E-state index contributed by atoms with van der Waals surface area (Å²) in [4.78, 5) is 71.0. The molecule has 12 heteroatoms. The minimum Gasteiger partial charge on any atom is -0.385 e. The molecule has 6 rings (SSSR count). The molecular weight excluding hydrogens is 689 g/mol. The third kappa shape index (κ3) is 10.3. The van der Waals surface area contributed by atoms with E-state index in [1.54, 1.807) is 41.2 Å². The molecule has 5 amide bonds. The van der Waals surface area contributed by atoms with Gasteiger partial charge in [0, 0.05) is 79.3 Å². The highest BCUT2D eigenvalue weighted by molar-refractivity contribution is 7.99. The van der Waals surface area contributed by atoms with E-state index in [2.05, 4.69) is 20.9 Å². The Balaban J connectivity index is 0.832. The normalized spacial score (nSPS) is 17.6. The second kappa shape index (κ2) is 18.7. The van der Waals surface area contributed by atoms with E-state index in [4.69, 9.17) is 0 Å². The van der Waals surface area contributed by atoms with E-state index in [0.717, 1.165) is 92.0 Å². The zero-order valence-electron chi connectivity index (χ0n) is 30.1. The van der Waals surface area contributed by atoms with Crippen LogP contribution in [-0.2, 0) is 20.9 Å². The van der Waals surface area contributed by atoms with Gasteiger partial charge in [-0.05, 0) is 110 Å². The van der Waals surface area contributed by atoms with E-state index < -0.39 is 11.9 Å². The van der Waals surface area contributed by atoms with Gasteiger partial charge in [-0.15, -0.1) is 11.8 Å². The lowest BCUT2D eigenvalue weighted by atomic mass is 9.91. The van der Waals surface area contributed by atoms with Crippen molar-refractivity contribution in [1.82, 2.24) is 25.4 Å². The molecule has 2 fully saturated rings. The van der Waals surface area contributed by atoms with Crippen molar-refractivity contribution >= 4 is 53.1 Å². The van der Waals surface area contributed by atoms with Crippen molar-refractivity contribution < 1.29 is 24.0 Å². The lowest BCUT2D eigenvalue weighted by molar-refractivity contribution is -0.137. The Morgan fingerprint density at radius 2 is 1.74 bits per heavy atom. The first-order chi connectivity index (χ1) is 25.9. The van der Waals surface area contributed by atoms with E-state index in [9.17, 15) is 24.0 Å². The fourth-order valence-electron chi connectivity index (χ4n) is 7.15. The van der Waals surface area contributed by atoms with Crippen LogP contribution in [0.5, 0.6) is 0 Å². The average molecular weight is 737 g/mol. The summed E-state index contributed by atoms with van der Waals surface area (Å²) in [6.45, 7) is 3.41. The second-order valence-corrected chi connectivity index (χ2v) is 15.0. The van der Waals surface area contributed by atoms with E-state index in [1.807, 2.05) is 59.5 Å². The molecule has 2 saturated heterocycles. The summed E-state index contributed by atoms with van der Waals surface area (Å²) in [5.74, 6) is 0.684. The molecule has 1 atom stereocenters. The first-order valence-electron chi connectivity index (χ1n) is 18.7. The number of anilines is 1. The van der Waals surface area contributed by atoms with Crippen LogP contribution in [0.2, 0.25) is 0 Å². The number of piperidine rings is 2. The molecule has 53 heavy (non-hydrogen) atoms. The number of likely N-dealkylation sites (tertiary alicyclic amines) is 1. The van der Waals surface area contributed by atoms with Gasteiger partial charge in [0.2, 0.25) is 17.7 Å². The number of carbonyl (C=O) groups is 5. The Morgan fingerprint density at radius 1 is 0.925 bits per heavy atom. The molecule has 0 aliphatic carbocycles.